The van der Waals surface area contributed by atoms with Gasteiger partial charge < -0.3 is 4.74 Å². The Morgan fingerprint density at radius 2 is 1.96 bits per heavy atom. The van der Waals surface area contributed by atoms with E-state index in [0.29, 0.717) is 5.01 Å². The summed E-state index contributed by atoms with van der Waals surface area (Å²) in [7, 11) is 1.34. The van der Waals surface area contributed by atoms with E-state index in [0.717, 1.165) is 10.6 Å². The molecule has 25 heavy (non-hydrogen) atoms. The lowest BCUT2D eigenvalue weighted by molar-refractivity contribution is -0.385. The Hall–Kier alpha value is -3.13. The van der Waals surface area contributed by atoms with Crippen molar-refractivity contribution in [1.82, 2.24) is 10.2 Å². The number of benzene rings is 2. The van der Waals surface area contributed by atoms with Gasteiger partial charge in [-0.2, -0.15) is 0 Å². The van der Waals surface area contributed by atoms with Crippen molar-refractivity contribution < 1.29 is 14.5 Å². The van der Waals surface area contributed by atoms with E-state index in [2.05, 4.69) is 10.2 Å². The van der Waals surface area contributed by atoms with Crippen molar-refractivity contribution in [3.05, 3.63) is 69.2 Å². The number of ketones is 1. The lowest BCUT2D eigenvalue weighted by atomic mass is 10.1. The van der Waals surface area contributed by atoms with Crippen LogP contribution in [0.4, 0.5) is 5.69 Å². The topological polar surface area (TPSA) is 95.2 Å². The van der Waals surface area contributed by atoms with Gasteiger partial charge in [-0.3, -0.25) is 14.9 Å². The molecule has 2 aromatic carbocycles. The van der Waals surface area contributed by atoms with Gasteiger partial charge in [-0.05, 0) is 12.1 Å². The maximum atomic E-state index is 12.4. The SMILES string of the molecule is COc1ccc(C(=O)Cc2nnc(-c3ccccc3)s2)cc1[N+](=O)[O-]. The first kappa shape index (κ1) is 16.7. The summed E-state index contributed by atoms with van der Waals surface area (Å²) in [6.07, 6.45) is 0.0357. The Morgan fingerprint density at radius 3 is 2.64 bits per heavy atom. The zero-order valence-corrected chi connectivity index (χ0v) is 14.0. The Bertz CT molecular complexity index is 925. The van der Waals surface area contributed by atoms with Crippen molar-refractivity contribution in [3.8, 4) is 16.3 Å². The molecule has 0 fully saturated rings. The molecule has 0 bridgehead atoms. The van der Waals surface area contributed by atoms with Gasteiger partial charge in [0.05, 0.1) is 18.5 Å². The molecule has 126 valence electrons. The van der Waals surface area contributed by atoms with Crippen molar-refractivity contribution in [2.45, 2.75) is 6.42 Å². The summed E-state index contributed by atoms with van der Waals surface area (Å²) >= 11 is 1.33. The number of carbonyl (C=O) groups excluding carboxylic acids is 1. The first-order chi connectivity index (χ1) is 12.1. The summed E-state index contributed by atoms with van der Waals surface area (Å²) in [5.74, 6) is -0.148. The number of ether oxygens (including phenoxy) is 1. The molecule has 0 N–H and O–H groups in total. The lowest BCUT2D eigenvalue weighted by Gasteiger charge is -2.03. The highest BCUT2D eigenvalue weighted by atomic mass is 32.1. The second kappa shape index (κ2) is 7.18. The predicted molar refractivity (Wildman–Crippen MR) is 93.0 cm³/mol. The van der Waals surface area contributed by atoms with Crippen LogP contribution < -0.4 is 4.74 Å². The normalized spacial score (nSPS) is 10.4. The molecule has 0 saturated heterocycles. The number of aromatic nitrogens is 2. The smallest absolute Gasteiger partial charge is 0.311 e. The predicted octanol–water partition coefficient (Wildman–Crippen LogP) is 3.55. The number of nitro benzene ring substituents is 1. The van der Waals surface area contributed by atoms with Crippen molar-refractivity contribution in [3.63, 3.8) is 0 Å². The molecule has 0 radical (unpaired) electrons. The van der Waals surface area contributed by atoms with E-state index in [1.807, 2.05) is 30.3 Å². The van der Waals surface area contributed by atoms with Crippen LogP contribution in [0.5, 0.6) is 5.75 Å². The quantitative estimate of drug-likeness (QED) is 0.381. The van der Waals surface area contributed by atoms with Crippen LogP contribution in [-0.4, -0.2) is 28.0 Å². The summed E-state index contributed by atoms with van der Waals surface area (Å²) in [6, 6.07) is 13.7. The molecule has 7 nitrogen and oxygen atoms in total. The van der Waals surface area contributed by atoms with Crippen LogP contribution in [0.15, 0.2) is 48.5 Å². The van der Waals surface area contributed by atoms with Crippen LogP contribution in [-0.2, 0) is 6.42 Å². The second-order valence-electron chi connectivity index (χ2n) is 5.11. The highest BCUT2D eigenvalue weighted by molar-refractivity contribution is 7.14. The molecule has 0 spiro atoms. The number of methoxy groups -OCH3 is 1. The van der Waals surface area contributed by atoms with Gasteiger partial charge in [0.15, 0.2) is 11.5 Å². The van der Waals surface area contributed by atoms with Crippen LogP contribution in [0, 0.1) is 10.1 Å². The van der Waals surface area contributed by atoms with Gasteiger partial charge in [0.2, 0.25) is 0 Å². The van der Waals surface area contributed by atoms with Crippen molar-refractivity contribution in [2.24, 2.45) is 0 Å². The van der Waals surface area contributed by atoms with E-state index < -0.39 is 4.92 Å². The number of nitrogens with zero attached hydrogens (tertiary/aromatic N) is 3. The number of hydrogen-bond donors (Lipinski definition) is 0. The number of Topliss-reactive ketones (excluding diaryl/α,β-unsaturated/α-hetero) is 1. The van der Waals surface area contributed by atoms with Gasteiger partial charge in [0.1, 0.15) is 10.0 Å². The average molecular weight is 355 g/mol. The van der Waals surface area contributed by atoms with Gasteiger partial charge >= 0.3 is 5.69 Å². The minimum atomic E-state index is -0.575. The summed E-state index contributed by atoms with van der Waals surface area (Å²) in [5.41, 5.74) is 0.929. The molecule has 1 heterocycles. The molecule has 1 aromatic heterocycles. The number of rotatable bonds is 6. The fourth-order valence-electron chi connectivity index (χ4n) is 2.27. The van der Waals surface area contributed by atoms with Crippen LogP contribution in [0.3, 0.4) is 0 Å². The Labute approximate surface area is 147 Å². The Morgan fingerprint density at radius 1 is 1.20 bits per heavy atom. The minimum absolute atomic E-state index is 0.0357. The van der Waals surface area contributed by atoms with Gasteiger partial charge in [0.25, 0.3) is 0 Å². The summed E-state index contributed by atoms with van der Waals surface area (Å²) in [6.45, 7) is 0. The molecule has 0 atom stereocenters. The first-order valence-electron chi connectivity index (χ1n) is 7.32. The molecular weight excluding hydrogens is 342 g/mol. The van der Waals surface area contributed by atoms with Gasteiger partial charge in [0, 0.05) is 17.2 Å². The third-order valence-corrected chi connectivity index (χ3v) is 4.47. The van der Waals surface area contributed by atoms with Crippen LogP contribution in [0.2, 0.25) is 0 Å². The maximum Gasteiger partial charge on any atom is 0.311 e. The van der Waals surface area contributed by atoms with Gasteiger partial charge in [-0.1, -0.05) is 41.7 Å². The van der Waals surface area contributed by atoms with E-state index in [9.17, 15) is 14.9 Å². The third-order valence-electron chi connectivity index (χ3n) is 3.50. The van der Waals surface area contributed by atoms with Crippen LogP contribution >= 0.6 is 11.3 Å². The van der Waals surface area contributed by atoms with Crippen LogP contribution in [0.1, 0.15) is 15.4 Å². The lowest BCUT2D eigenvalue weighted by Crippen LogP contribution is -2.05. The van der Waals surface area contributed by atoms with Crippen molar-refractivity contribution >= 4 is 22.8 Å². The third kappa shape index (κ3) is 3.69. The second-order valence-corrected chi connectivity index (χ2v) is 6.17. The van der Waals surface area contributed by atoms with E-state index in [1.165, 1.54) is 36.6 Å². The molecule has 0 unspecified atom stereocenters. The first-order valence-corrected chi connectivity index (χ1v) is 8.13. The number of carbonyl (C=O) groups is 1. The van der Waals surface area contributed by atoms with E-state index in [-0.39, 0.29) is 29.2 Å². The highest BCUT2D eigenvalue weighted by Gasteiger charge is 2.19. The van der Waals surface area contributed by atoms with Crippen LogP contribution in [0.25, 0.3) is 10.6 Å². The number of nitro groups is 1. The zero-order chi connectivity index (χ0) is 17.8. The molecule has 3 rings (SSSR count). The van der Waals surface area contributed by atoms with Gasteiger partial charge in [-0.15, -0.1) is 10.2 Å². The summed E-state index contributed by atoms with van der Waals surface area (Å²) in [4.78, 5) is 22.9. The highest BCUT2D eigenvalue weighted by Crippen LogP contribution is 2.29. The standard InChI is InChI=1S/C17H13N3O4S/c1-24-15-8-7-12(9-13(15)20(22)23)14(21)10-16-18-19-17(25-16)11-5-3-2-4-6-11/h2-9H,10H2,1H3. The molecule has 0 aliphatic heterocycles. The number of hydrogen-bond acceptors (Lipinski definition) is 7. The molecular formula is C17H13N3O4S. The maximum absolute atomic E-state index is 12.4. The van der Waals surface area contributed by atoms with Crippen molar-refractivity contribution in [1.29, 1.82) is 0 Å². The fraction of sp³-hybridized carbons (Fsp3) is 0.118. The minimum Gasteiger partial charge on any atom is -0.490 e. The van der Waals surface area contributed by atoms with E-state index >= 15 is 0 Å². The monoisotopic (exact) mass is 355 g/mol. The van der Waals surface area contributed by atoms with Crippen molar-refractivity contribution in [2.75, 3.05) is 7.11 Å². The zero-order valence-electron chi connectivity index (χ0n) is 13.2. The van der Waals surface area contributed by atoms with E-state index in [1.54, 1.807) is 0 Å². The Balaban J connectivity index is 1.80. The molecule has 0 aliphatic rings. The molecule has 0 amide bonds. The Kier molecular flexibility index (Phi) is 4.80. The fourth-order valence-corrected chi connectivity index (χ4v) is 3.11. The largest absolute Gasteiger partial charge is 0.490 e. The summed E-state index contributed by atoms with van der Waals surface area (Å²) in [5, 5.41) is 20.5. The molecule has 0 saturated carbocycles. The molecule has 0 aliphatic carbocycles. The van der Waals surface area contributed by atoms with E-state index in [4.69, 9.17) is 4.74 Å². The summed E-state index contributed by atoms with van der Waals surface area (Å²) < 4.78 is 4.94. The van der Waals surface area contributed by atoms with Gasteiger partial charge in [-0.25, -0.2) is 0 Å². The average Bonchev–Trinajstić information content (AvgIpc) is 3.10. The molecule has 8 heteroatoms. The molecule has 3 aromatic rings.